The molecule has 1 aromatic heterocycles. The lowest BCUT2D eigenvalue weighted by Gasteiger charge is -2.06. The monoisotopic (exact) mass is 270 g/mol. The number of hydrogen-bond donors (Lipinski definition) is 3. The van der Waals surface area contributed by atoms with Crippen molar-refractivity contribution >= 4 is 32.4 Å². The number of nitrogens with two attached hydrogens (primary N) is 1. The van der Waals surface area contributed by atoms with Crippen LogP contribution in [0, 0.1) is 0 Å². The summed E-state index contributed by atoms with van der Waals surface area (Å²) in [5, 5.41) is 4.14. The highest BCUT2D eigenvalue weighted by molar-refractivity contribution is 7.22. The fraction of sp³-hybridized carbons (Fsp3) is 0.0714. The predicted octanol–water partition coefficient (Wildman–Crippen LogP) is 3.19. The highest BCUT2D eigenvalue weighted by atomic mass is 32.1. The van der Waals surface area contributed by atoms with Crippen molar-refractivity contribution in [1.82, 2.24) is 4.98 Å². The van der Waals surface area contributed by atoms with Crippen molar-refractivity contribution in [2.24, 2.45) is 5.84 Å². The van der Waals surface area contributed by atoms with E-state index in [0.29, 0.717) is 0 Å². The Morgan fingerprint density at radius 1 is 1.11 bits per heavy atom. The standard InChI is InChI=1S/C14H14N4S/c15-18-14-17-12-7-6-11(8-13(12)19-14)16-9-10-4-2-1-3-5-10/h1-8,16H,9,15H2,(H,17,18). The fourth-order valence-corrected chi connectivity index (χ4v) is 2.71. The Labute approximate surface area is 115 Å². The van der Waals surface area contributed by atoms with Gasteiger partial charge >= 0.3 is 0 Å². The van der Waals surface area contributed by atoms with Gasteiger partial charge < -0.3 is 5.32 Å². The van der Waals surface area contributed by atoms with Crippen LogP contribution in [0.3, 0.4) is 0 Å². The molecule has 96 valence electrons. The molecule has 0 aliphatic rings. The maximum Gasteiger partial charge on any atom is 0.198 e. The van der Waals surface area contributed by atoms with Gasteiger partial charge in [-0.15, -0.1) is 0 Å². The van der Waals surface area contributed by atoms with Gasteiger partial charge in [0.05, 0.1) is 10.2 Å². The minimum atomic E-state index is 0.732. The number of rotatable bonds is 4. The number of aromatic nitrogens is 1. The van der Waals surface area contributed by atoms with Crippen LogP contribution in [-0.2, 0) is 6.54 Å². The number of anilines is 2. The van der Waals surface area contributed by atoms with E-state index in [-0.39, 0.29) is 0 Å². The Bertz CT molecular complexity index is 678. The van der Waals surface area contributed by atoms with E-state index in [1.807, 2.05) is 30.3 Å². The Balaban J connectivity index is 1.78. The Morgan fingerprint density at radius 2 is 1.95 bits per heavy atom. The molecule has 4 nitrogen and oxygen atoms in total. The summed E-state index contributed by atoms with van der Waals surface area (Å²) < 4.78 is 1.12. The first-order valence-corrected chi connectivity index (χ1v) is 6.82. The molecule has 0 aliphatic heterocycles. The molecule has 3 aromatic rings. The molecule has 0 spiro atoms. The molecule has 1 heterocycles. The van der Waals surface area contributed by atoms with E-state index in [9.17, 15) is 0 Å². The second-order valence-electron chi connectivity index (χ2n) is 4.19. The van der Waals surface area contributed by atoms with Gasteiger partial charge in [-0.25, -0.2) is 10.8 Å². The van der Waals surface area contributed by atoms with Crippen LogP contribution in [-0.4, -0.2) is 4.98 Å². The van der Waals surface area contributed by atoms with Gasteiger partial charge in [-0.1, -0.05) is 41.7 Å². The van der Waals surface area contributed by atoms with Gasteiger partial charge in [0.2, 0.25) is 0 Å². The summed E-state index contributed by atoms with van der Waals surface area (Å²) in [4.78, 5) is 4.35. The first-order valence-electron chi connectivity index (χ1n) is 6.00. The lowest BCUT2D eigenvalue weighted by atomic mass is 10.2. The molecule has 0 saturated heterocycles. The maximum atomic E-state index is 5.37. The molecule has 0 fully saturated rings. The number of nitrogens with zero attached hydrogens (tertiary/aromatic N) is 1. The van der Waals surface area contributed by atoms with E-state index >= 15 is 0 Å². The second-order valence-corrected chi connectivity index (χ2v) is 5.22. The Morgan fingerprint density at radius 3 is 2.74 bits per heavy atom. The van der Waals surface area contributed by atoms with E-state index in [0.717, 1.165) is 27.6 Å². The number of hydrazine groups is 1. The summed E-state index contributed by atoms with van der Waals surface area (Å²) in [7, 11) is 0. The zero-order valence-electron chi connectivity index (χ0n) is 10.3. The third-order valence-corrected chi connectivity index (χ3v) is 3.80. The van der Waals surface area contributed by atoms with Gasteiger partial charge in [0.25, 0.3) is 0 Å². The van der Waals surface area contributed by atoms with Crippen molar-refractivity contribution in [3.8, 4) is 0 Å². The number of nitrogen functional groups attached to an aromatic ring is 1. The fourth-order valence-electron chi connectivity index (χ4n) is 1.90. The molecule has 0 amide bonds. The molecule has 0 aliphatic carbocycles. The summed E-state index contributed by atoms with van der Waals surface area (Å²) in [5.41, 5.74) is 5.89. The predicted molar refractivity (Wildman–Crippen MR) is 81.2 cm³/mol. The topological polar surface area (TPSA) is 63.0 Å². The molecule has 0 saturated carbocycles. The smallest absolute Gasteiger partial charge is 0.198 e. The van der Waals surface area contributed by atoms with Crippen molar-refractivity contribution in [2.75, 3.05) is 10.7 Å². The van der Waals surface area contributed by atoms with E-state index in [1.54, 1.807) is 11.3 Å². The van der Waals surface area contributed by atoms with Crippen molar-refractivity contribution in [1.29, 1.82) is 0 Å². The van der Waals surface area contributed by atoms with Gasteiger partial charge in [0, 0.05) is 12.2 Å². The molecule has 4 N–H and O–H groups in total. The zero-order chi connectivity index (χ0) is 13.1. The summed E-state index contributed by atoms with van der Waals surface area (Å²) in [6, 6.07) is 16.4. The molecule has 3 rings (SSSR count). The summed E-state index contributed by atoms with van der Waals surface area (Å²) in [6.07, 6.45) is 0. The van der Waals surface area contributed by atoms with Crippen molar-refractivity contribution in [3.63, 3.8) is 0 Å². The molecular formula is C14H14N4S. The number of fused-ring (bicyclic) bond motifs is 1. The van der Waals surface area contributed by atoms with Crippen LogP contribution in [0.1, 0.15) is 5.56 Å². The van der Waals surface area contributed by atoms with Crippen molar-refractivity contribution in [2.45, 2.75) is 6.54 Å². The molecular weight excluding hydrogens is 256 g/mol. The van der Waals surface area contributed by atoms with E-state index in [1.165, 1.54) is 5.56 Å². The highest BCUT2D eigenvalue weighted by Gasteiger charge is 2.03. The largest absolute Gasteiger partial charge is 0.381 e. The number of hydrogen-bond acceptors (Lipinski definition) is 5. The number of thiazole rings is 1. The Hall–Kier alpha value is -2.11. The highest BCUT2D eigenvalue weighted by Crippen LogP contribution is 2.27. The molecule has 0 radical (unpaired) electrons. The molecule has 0 atom stereocenters. The lowest BCUT2D eigenvalue weighted by molar-refractivity contribution is 1.15. The van der Waals surface area contributed by atoms with Crippen molar-refractivity contribution < 1.29 is 0 Å². The van der Waals surface area contributed by atoms with Gasteiger partial charge in [-0.2, -0.15) is 0 Å². The lowest BCUT2D eigenvalue weighted by Crippen LogP contribution is -2.05. The molecule has 5 heteroatoms. The molecule has 0 unspecified atom stereocenters. The maximum absolute atomic E-state index is 5.37. The van der Waals surface area contributed by atoms with Crippen LogP contribution < -0.4 is 16.6 Å². The first kappa shape index (κ1) is 12.0. The van der Waals surface area contributed by atoms with Crippen molar-refractivity contribution in [3.05, 3.63) is 54.1 Å². The van der Waals surface area contributed by atoms with Crippen LogP contribution in [0.2, 0.25) is 0 Å². The summed E-state index contributed by atoms with van der Waals surface area (Å²) in [5.74, 6) is 5.37. The van der Waals surface area contributed by atoms with E-state index in [2.05, 4.69) is 33.9 Å². The Kier molecular flexibility index (Phi) is 3.31. The van der Waals surface area contributed by atoms with Crippen LogP contribution in [0.25, 0.3) is 10.2 Å². The minimum absolute atomic E-state index is 0.732. The average Bonchev–Trinajstić information content (AvgIpc) is 2.88. The zero-order valence-corrected chi connectivity index (χ0v) is 11.1. The molecule has 0 bridgehead atoms. The van der Waals surface area contributed by atoms with Gasteiger partial charge in [-0.05, 0) is 23.8 Å². The van der Waals surface area contributed by atoms with E-state index < -0.39 is 0 Å². The SMILES string of the molecule is NNc1nc2ccc(NCc3ccccc3)cc2s1. The molecule has 19 heavy (non-hydrogen) atoms. The second kappa shape index (κ2) is 5.26. The van der Waals surface area contributed by atoms with E-state index in [4.69, 9.17) is 5.84 Å². The third-order valence-electron chi connectivity index (χ3n) is 2.85. The first-order chi connectivity index (χ1) is 9.35. The van der Waals surface area contributed by atoms with Crippen LogP contribution in [0.5, 0.6) is 0 Å². The normalized spacial score (nSPS) is 10.6. The van der Waals surface area contributed by atoms with Gasteiger partial charge in [0.15, 0.2) is 5.13 Å². The average molecular weight is 270 g/mol. The van der Waals surface area contributed by atoms with Crippen LogP contribution in [0.15, 0.2) is 48.5 Å². The molecule has 2 aromatic carbocycles. The number of benzene rings is 2. The summed E-state index contributed by atoms with van der Waals surface area (Å²) in [6.45, 7) is 0.813. The third kappa shape index (κ3) is 2.67. The van der Waals surface area contributed by atoms with Crippen LogP contribution >= 0.6 is 11.3 Å². The minimum Gasteiger partial charge on any atom is -0.381 e. The van der Waals surface area contributed by atoms with Crippen LogP contribution in [0.4, 0.5) is 10.8 Å². The summed E-state index contributed by atoms with van der Waals surface area (Å²) >= 11 is 1.55. The quantitative estimate of drug-likeness (QED) is 0.503. The van der Waals surface area contributed by atoms with Gasteiger partial charge in [-0.3, -0.25) is 5.43 Å². The number of nitrogens with one attached hydrogen (secondary N) is 2. The van der Waals surface area contributed by atoms with Gasteiger partial charge in [0.1, 0.15) is 0 Å².